The van der Waals surface area contributed by atoms with E-state index < -0.39 is 0 Å². The fraction of sp³-hybridized carbons (Fsp3) is 0.893. The largest absolute Gasteiger partial charge is 0.316 e. The van der Waals surface area contributed by atoms with Crippen molar-refractivity contribution in [3.63, 3.8) is 0 Å². The summed E-state index contributed by atoms with van der Waals surface area (Å²) >= 11 is 0. The molecule has 1 saturated carbocycles. The summed E-state index contributed by atoms with van der Waals surface area (Å²) in [7, 11) is 0. The van der Waals surface area contributed by atoms with Gasteiger partial charge in [0.1, 0.15) is 5.78 Å². The van der Waals surface area contributed by atoms with Gasteiger partial charge in [-0.15, -0.1) is 0 Å². The maximum Gasteiger partial charge on any atom is 0.137 e. The van der Waals surface area contributed by atoms with Gasteiger partial charge in [0, 0.05) is 38.5 Å². The molecule has 0 aromatic carbocycles. The summed E-state index contributed by atoms with van der Waals surface area (Å²) in [6.45, 7) is 10.8. The van der Waals surface area contributed by atoms with Crippen molar-refractivity contribution in [2.24, 2.45) is 17.4 Å². The minimum absolute atomic E-state index is 0.231. The average molecular weight is 465 g/mol. The molecule has 194 valence electrons. The van der Waals surface area contributed by atoms with E-state index in [0.29, 0.717) is 11.7 Å². The van der Waals surface area contributed by atoms with Gasteiger partial charge in [-0.3, -0.25) is 14.6 Å². The number of rotatable bonds is 17. The summed E-state index contributed by atoms with van der Waals surface area (Å²) in [4.78, 5) is 15.5. The zero-order valence-corrected chi connectivity index (χ0v) is 22.3. The van der Waals surface area contributed by atoms with Crippen LogP contribution in [-0.4, -0.2) is 54.1 Å². The molecule has 5 nitrogen and oxygen atoms in total. The highest BCUT2D eigenvalue weighted by Crippen LogP contribution is 2.29. The van der Waals surface area contributed by atoms with E-state index in [0.717, 1.165) is 51.9 Å². The molecule has 0 aromatic heterocycles. The number of nitrogens with two attached hydrogens (primary N) is 2. The van der Waals surface area contributed by atoms with Crippen molar-refractivity contribution in [2.45, 2.75) is 129 Å². The quantitative estimate of drug-likeness (QED) is 0.209. The molecule has 0 aromatic rings. The molecule has 1 saturated heterocycles. The molecule has 5 heteroatoms. The molecule has 0 amide bonds. The van der Waals surface area contributed by atoms with Crippen molar-refractivity contribution in [3.05, 3.63) is 12.2 Å². The summed E-state index contributed by atoms with van der Waals surface area (Å²) in [5, 5.41) is 0. The van der Waals surface area contributed by atoms with Gasteiger partial charge in [-0.05, 0) is 44.9 Å². The molecule has 1 aliphatic heterocycles. The number of nitrogens with zero attached hydrogens (tertiary/aromatic N) is 2. The van der Waals surface area contributed by atoms with Crippen molar-refractivity contribution in [2.75, 3.05) is 26.2 Å². The standard InChI is InChI=1S/C18H32O.C10H24N4/c1-2-3-4-5-6-7-8-9-10-11-12-13-14-15-17-16-18(17)19;1-3-9(11)13-5-7-14(8-6-13)10(12)4-2/h9-10,17H,2-8,11-16H2,1H3;9-10H,3-8,11-12H2,1-2H3. The van der Waals surface area contributed by atoms with Crippen LogP contribution in [0.4, 0.5) is 0 Å². The van der Waals surface area contributed by atoms with Crippen molar-refractivity contribution in [3.8, 4) is 0 Å². The number of carbonyl (C=O) groups is 1. The summed E-state index contributed by atoms with van der Waals surface area (Å²) < 4.78 is 0. The zero-order valence-electron chi connectivity index (χ0n) is 22.3. The molecule has 33 heavy (non-hydrogen) atoms. The van der Waals surface area contributed by atoms with E-state index in [1.165, 1.54) is 70.6 Å². The van der Waals surface area contributed by atoms with Crippen LogP contribution in [0.1, 0.15) is 117 Å². The molecular weight excluding hydrogens is 408 g/mol. The van der Waals surface area contributed by atoms with Gasteiger partial charge < -0.3 is 11.5 Å². The van der Waals surface area contributed by atoms with Crippen LogP contribution < -0.4 is 11.5 Å². The molecule has 3 atom stereocenters. The Morgan fingerprint density at radius 1 is 0.758 bits per heavy atom. The Morgan fingerprint density at radius 3 is 1.61 bits per heavy atom. The van der Waals surface area contributed by atoms with Gasteiger partial charge in [0.15, 0.2) is 0 Å². The lowest BCUT2D eigenvalue weighted by molar-refractivity contribution is -0.111. The highest BCUT2D eigenvalue weighted by Gasteiger charge is 2.33. The summed E-state index contributed by atoms with van der Waals surface area (Å²) in [6, 6.07) is 0. The SMILES string of the molecule is CCC(N)N1CCN(C(N)CC)CC1.CCCCCCCCC=CCCCCCC1CC1=O. The smallest absolute Gasteiger partial charge is 0.137 e. The molecular formula is C28H56N4O. The number of ketones is 1. The third-order valence-electron chi connectivity index (χ3n) is 7.18. The second-order valence-corrected chi connectivity index (χ2v) is 10.1. The highest BCUT2D eigenvalue weighted by molar-refractivity contribution is 5.95. The molecule has 0 radical (unpaired) electrons. The van der Waals surface area contributed by atoms with Gasteiger partial charge in [-0.2, -0.15) is 0 Å². The van der Waals surface area contributed by atoms with Gasteiger partial charge in [-0.1, -0.05) is 77.9 Å². The van der Waals surface area contributed by atoms with E-state index in [9.17, 15) is 4.79 Å². The Hall–Kier alpha value is -0.750. The predicted octanol–water partition coefficient (Wildman–Crippen LogP) is 5.83. The van der Waals surface area contributed by atoms with E-state index in [2.05, 4.69) is 42.7 Å². The van der Waals surface area contributed by atoms with Crippen LogP contribution in [-0.2, 0) is 4.79 Å². The van der Waals surface area contributed by atoms with Crippen LogP contribution in [0, 0.1) is 5.92 Å². The minimum Gasteiger partial charge on any atom is -0.316 e. The lowest BCUT2D eigenvalue weighted by atomic mass is 10.1. The van der Waals surface area contributed by atoms with E-state index in [4.69, 9.17) is 11.5 Å². The molecule has 1 heterocycles. The van der Waals surface area contributed by atoms with Crippen molar-refractivity contribution < 1.29 is 4.79 Å². The van der Waals surface area contributed by atoms with Crippen molar-refractivity contribution >= 4 is 5.78 Å². The molecule has 2 rings (SSSR count). The Kier molecular flexibility index (Phi) is 17.9. The molecule has 4 N–H and O–H groups in total. The first-order valence-corrected chi connectivity index (χ1v) is 14.2. The molecule has 0 spiro atoms. The van der Waals surface area contributed by atoms with Crippen LogP contribution in [0.2, 0.25) is 0 Å². The fourth-order valence-electron chi connectivity index (χ4n) is 4.47. The number of allylic oxidation sites excluding steroid dienone is 2. The number of hydrogen-bond acceptors (Lipinski definition) is 5. The van der Waals surface area contributed by atoms with E-state index in [-0.39, 0.29) is 12.3 Å². The molecule has 3 unspecified atom stereocenters. The van der Waals surface area contributed by atoms with Gasteiger partial charge in [-0.25, -0.2) is 0 Å². The average Bonchev–Trinajstić information content (AvgIpc) is 3.56. The topological polar surface area (TPSA) is 75.6 Å². The maximum absolute atomic E-state index is 10.8. The number of piperazine rings is 1. The molecule has 2 fully saturated rings. The summed E-state index contributed by atoms with van der Waals surface area (Å²) in [6.07, 6.45) is 24.0. The van der Waals surface area contributed by atoms with E-state index >= 15 is 0 Å². The Bertz CT molecular complexity index is 484. The fourth-order valence-corrected chi connectivity index (χ4v) is 4.47. The van der Waals surface area contributed by atoms with Gasteiger partial charge >= 0.3 is 0 Å². The predicted molar refractivity (Wildman–Crippen MR) is 143 cm³/mol. The first-order valence-electron chi connectivity index (χ1n) is 14.2. The molecule has 2 aliphatic rings. The van der Waals surface area contributed by atoms with Crippen LogP contribution >= 0.6 is 0 Å². The monoisotopic (exact) mass is 464 g/mol. The maximum atomic E-state index is 10.8. The van der Waals surface area contributed by atoms with Crippen LogP contribution in [0.5, 0.6) is 0 Å². The lowest BCUT2D eigenvalue weighted by Gasteiger charge is -2.39. The molecule has 0 bridgehead atoms. The van der Waals surface area contributed by atoms with E-state index in [1.807, 2.05) is 0 Å². The van der Waals surface area contributed by atoms with Crippen LogP contribution in [0.3, 0.4) is 0 Å². The minimum atomic E-state index is 0.231. The Balaban J connectivity index is 0.000000346. The second-order valence-electron chi connectivity index (χ2n) is 10.1. The first-order chi connectivity index (χ1) is 16.0. The number of carbonyl (C=O) groups excluding carboxylic acids is 1. The van der Waals surface area contributed by atoms with E-state index in [1.54, 1.807) is 0 Å². The van der Waals surface area contributed by atoms with Crippen LogP contribution in [0.15, 0.2) is 12.2 Å². The number of Topliss-reactive ketones (excluding diaryl/α,β-unsaturated/α-hetero) is 1. The Morgan fingerprint density at radius 2 is 1.18 bits per heavy atom. The highest BCUT2D eigenvalue weighted by atomic mass is 16.1. The number of unbranched alkanes of at least 4 members (excludes halogenated alkanes) is 9. The summed E-state index contributed by atoms with van der Waals surface area (Å²) in [5.74, 6) is 0.960. The number of hydrogen-bond donors (Lipinski definition) is 2. The Labute approximate surface area is 205 Å². The van der Waals surface area contributed by atoms with Crippen molar-refractivity contribution in [1.82, 2.24) is 9.80 Å². The van der Waals surface area contributed by atoms with Crippen LogP contribution in [0.25, 0.3) is 0 Å². The molecule has 1 aliphatic carbocycles. The third-order valence-corrected chi connectivity index (χ3v) is 7.18. The zero-order chi connectivity index (χ0) is 24.3. The van der Waals surface area contributed by atoms with Crippen molar-refractivity contribution in [1.29, 1.82) is 0 Å². The lowest BCUT2D eigenvalue weighted by Crippen LogP contribution is -2.56. The second kappa shape index (κ2) is 19.5. The van der Waals surface area contributed by atoms with Gasteiger partial charge in [0.25, 0.3) is 0 Å². The normalized spacial score (nSPS) is 21.1. The first kappa shape index (κ1) is 30.3. The van der Waals surface area contributed by atoms with Gasteiger partial charge in [0.05, 0.1) is 12.3 Å². The summed E-state index contributed by atoms with van der Waals surface area (Å²) in [5.41, 5.74) is 12.0. The van der Waals surface area contributed by atoms with Gasteiger partial charge in [0.2, 0.25) is 0 Å². The third kappa shape index (κ3) is 15.0.